The van der Waals surface area contributed by atoms with Crippen LogP contribution in [-0.4, -0.2) is 38.7 Å². The SMILES string of the molecule is CC(NC(=O)Cc1c[nH]c2ccccc12)c1cc(=O)n2[nH]c(C3CCOCC3)cc2n1. The predicted molar refractivity (Wildman–Crippen MR) is 117 cm³/mol. The normalized spacial score (nSPS) is 16.0. The zero-order chi connectivity index (χ0) is 21.4. The monoisotopic (exact) mass is 419 g/mol. The van der Waals surface area contributed by atoms with Crippen LogP contribution >= 0.6 is 0 Å². The van der Waals surface area contributed by atoms with E-state index in [0.717, 1.165) is 48.2 Å². The maximum absolute atomic E-state index is 12.6. The predicted octanol–water partition coefficient (Wildman–Crippen LogP) is 2.82. The lowest BCUT2D eigenvalue weighted by atomic mass is 9.97. The highest BCUT2D eigenvalue weighted by molar-refractivity contribution is 5.88. The fourth-order valence-electron chi connectivity index (χ4n) is 4.29. The standard InChI is InChI=1S/C23H25N5O3/c1-14(25-22(29)10-16-13-24-18-5-3-2-4-17(16)18)19-12-23(30)28-21(26-19)11-20(27-28)15-6-8-31-9-7-15/h2-5,11-15,24,27H,6-10H2,1H3,(H,25,29). The summed E-state index contributed by atoms with van der Waals surface area (Å²) in [5.74, 6) is 0.225. The molecule has 8 heteroatoms. The number of para-hydroxylation sites is 1. The lowest BCUT2D eigenvalue weighted by Crippen LogP contribution is -2.30. The molecule has 1 unspecified atom stereocenters. The summed E-state index contributed by atoms with van der Waals surface area (Å²) in [5.41, 5.74) is 3.88. The van der Waals surface area contributed by atoms with E-state index in [9.17, 15) is 9.59 Å². The van der Waals surface area contributed by atoms with Gasteiger partial charge in [0.2, 0.25) is 5.91 Å². The zero-order valence-corrected chi connectivity index (χ0v) is 17.4. The summed E-state index contributed by atoms with van der Waals surface area (Å²) in [7, 11) is 0. The van der Waals surface area contributed by atoms with Gasteiger partial charge in [-0.3, -0.25) is 14.7 Å². The Kier molecular flexibility index (Phi) is 5.07. The van der Waals surface area contributed by atoms with E-state index in [-0.39, 0.29) is 23.9 Å². The number of ether oxygens (including phenoxy) is 1. The highest BCUT2D eigenvalue weighted by Gasteiger charge is 2.20. The quantitative estimate of drug-likeness (QED) is 0.463. The lowest BCUT2D eigenvalue weighted by molar-refractivity contribution is -0.121. The molecule has 0 saturated carbocycles. The van der Waals surface area contributed by atoms with Gasteiger partial charge in [0.1, 0.15) is 0 Å². The lowest BCUT2D eigenvalue weighted by Gasteiger charge is -2.20. The molecule has 1 aliphatic rings. The van der Waals surface area contributed by atoms with Crippen molar-refractivity contribution in [1.82, 2.24) is 24.9 Å². The van der Waals surface area contributed by atoms with Gasteiger partial charge in [0.15, 0.2) is 5.65 Å². The summed E-state index contributed by atoms with van der Waals surface area (Å²) in [4.78, 5) is 33.1. The average Bonchev–Trinajstić information content (AvgIpc) is 3.39. The van der Waals surface area contributed by atoms with Gasteiger partial charge >= 0.3 is 0 Å². The molecule has 0 radical (unpaired) electrons. The Hall–Kier alpha value is -3.39. The molecule has 4 heterocycles. The Labute approximate surface area is 178 Å². The number of amides is 1. The van der Waals surface area contributed by atoms with Crippen molar-refractivity contribution in [3.8, 4) is 0 Å². The van der Waals surface area contributed by atoms with E-state index in [1.807, 2.05) is 43.5 Å². The Morgan fingerprint density at radius 1 is 1.29 bits per heavy atom. The first kappa shape index (κ1) is 19.6. The van der Waals surface area contributed by atoms with Crippen LogP contribution in [0.4, 0.5) is 0 Å². The van der Waals surface area contributed by atoms with Gasteiger partial charge in [-0.2, -0.15) is 0 Å². The molecule has 1 saturated heterocycles. The Bertz CT molecular complexity index is 1300. The number of carbonyl (C=O) groups is 1. The molecule has 0 bridgehead atoms. The smallest absolute Gasteiger partial charge is 0.272 e. The maximum atomic E-state index is 12.6. The number of fused-ring (bicyclic) bond motifs is 2. The molecule has 8 nitrogen and oxygen atoms in total. The third-order valence-corrected chi connectivity index (χ3v) is 6.00. The van der Waals surface area contributed by atoms with Crippen molar-refractivity contribution in [2.75, 3.05) is 13.2 Å². The molecule has 31 heavy (non-hydrogen) atoms. The van der Waals surface area contributed by atoms with Crippen LogP contribution in [0.1, 0.15) is 48.7 Å². The molecule has 3 N–H and O–H groups in total. The van der Waals surface area contributed by atoms with Crippen molar-refractivity contribution in [3.63, 3.8) is 0 Å². The van der Waals surface area contributed by atoms with Gasteiger partial charge in [0.25, 0.3) is 5.56 Å². The van der Waals surface area contributed by atoms with E-state index in [1.54, 1.807) is 0 Å². The van der Waals surface area contributed by atoms with Crippen molar-refractivity contribution < 1.29 is 9.53 Å². The van der Waals surface area contributed by atoms with E-state index >= 15 is 0 Å². The summed E-state index contributed by atoms with van der Waals surface area (Å²) < 4.78 is 6.89. The summed E-state index contributed by atoms with van der Waals surface area (Å²) in [5, 5.41) is 7.19. The number of rotatable bonds is 5. The second-order valence-corrected chi connectivity index (χ2v) is 8.14. The van der Waals surface area contributed by atoms with Crippen molar-refractivity contribution in [2.45, 2.75) is 38.1 Å². The van der Waals surface area contributed by atoms with E-state index in [4.69, 9.17) is 4.74 Å². The Balaban J connectivity index is 1.33. The average molecular weight is 419 g/mol. The van der Waals surface area contributed by atoms with Crippen LogP contribution in [0.2, 0.25) is 0 Å². The number of carbonyl (C=O) groups excluding carboxylic acids is 1. The molecule has 1 amide bonds. The first-order valence-electron chi connectivity index (χ1n) is 10.6. The highest BCUT2D eigenvalue weighted by Crippen LogP contribution is 2.26. The van der Waals surface area contributed by atoms with Crippen LogP contribution in [-0.2, 0) is 16.0 Å². The molecule has 1 fully saturated rings. The van der Waals surface area contributed by atoms with Crippen molar-refractivity contribution in [1.29, 1.82) is 0 Å². The summed E-state index contributed by atoms with van der Waals surface area (Å²) in [6.07, 6.45) is 3.97. The van der Waals surface area contributed by atoms with Gasteiger partial charge in [-0.1, -0.05) is 18.2 Å². The van der Waals surface area contributed by atoms with Crippen molar-refractivity contribution in [3.05, 3.63) is 69.9 Å². The number of hydrogen-bond acceptors (Lipinski definition) is 4. The maximum Gasteiger partial charge on any atom is 0.272 e. The fourth-order valence-corrected chi connectivity index (χ4v) is 4.29. The van der Waals surface area contributed by atoms with Crippen LogP contribution in [0.3, 0.4) is 0 Å². The fraction of sp³-hybridized carbons (Fsp3) is 0.348. The highest BCUT2D eigenvalue weighted by atomic mass is 16.5. The number of aromatic amines is 2. The summed E-state index contributed by atoms with van der Waals surface area (Å²) in [6.45, 7) is 3.30. The minimum atomic E-state index is -0.378. The van der Waals surface area contributed by atoms with Gasteiger partial charge in [-0.25, -0.2) is 9.50 Å². The van der Waals surface area contributed by atoms with Gasteiger partial charge < -0.3 is 15.0 Å². The number of benzene rings is 1. The van der Waals surface area contributed by atoms with Gasteiger partial charge in [0, 0.05) is 54.1 Å². The van der Waals surface area contributed by atoms with Crippen LogP contribution in [0.25, 0.3) is 16.6 Å². The van der Waals surface area contributed by atoms with Gasteiger partial charge in [-0.05, 0) is 31.4 Å². The number of nitrogens with one attached hydrogen (secondary N) is 3. The van der Waals surface area contributed by atoms with E-state index in [0.29, 0.717) is 17.3 Å². The molecule has 5 rings (SSSR count). The molecule has 160 valence electrons. The number of nitrogens with zero attached hydrogens (tertiary/aromatic N) is 2. The number of hydrogen-bond donors (Lipinski definition) is 3. The number of H-pyrrole nitrogens is 2. The second-order valence-electron chi connectivity index (χ2n) is 8.14. The first-order chi connectivity index (χ1) is 15.1. The molecule has 0 spiro atoms. The molecule has 4 aromatic rings. The number of aromatic nitrogens is 4. The largest absolute Gasteiger partial charge is 0.381 e. The van der Waals surface area contributed by atoms with Gasteiger partial charge in [0.05, 0.1) is 18.2 Å². The molecule has 1 aliphatic heterocycles. The third-order valence-electron chi connectivity index (χ3n) is 6.00. The van der Waals surface area contributed by atoms with Crippen molar-refractivity contribution >= 4 is 22.5 Å². The zero-order valence-electron chi connectivity index (χ0n) is 17.4. The molecule has 0 aliphatic carbocycles. The van der Waals surface area contributed by atoms with E-state index < -0.39 is 0 Å². The third kappa shape index (κ3) is 3.86. The van der Waals surface area contributed by atoms with Crippen LogP contribution in [0.15, 0.2) is 47.4 Å². The molecular weight excluding hydrogens is 394 g/mol. The Morgan fingerprint density at radius 2 is 2.10 bits per heavy atom. The van der Waals surface area contributed by atoms with Crippen molar-refractivity contribution in [2.24, 2.45) is 0 Å². The Morgan fingerprint density at radius 3 is 2.94 bits per heavy atom. The minimum absolute atomic E-state index is 0.115. The second kappa shape index (κ2) is 8.03. The first-order valence-corrected chi connectivity index (χ1v) is 10.6. The molecule has 1 atom stereocenters. The summed E-state index contributed by atoms with van der Waals surface area (Å²) in [6, 6.07) is 10.9. The topological polar surface area (TPSA) is 104 Å². The molecular formula is C23H25N5O3. The van der Waals surface area contributed by atoms with Crippen LogP contribution in [0.5, 0.6) is 0 Å². The van der Waals surface area contributed by atoms with Gasteiger partial charge in [-0.15, -0.1) is 0 Å². The molecule has 1 aromatic carbocycles. The van der Waals surface area contributed by atoms with Crippen LogP contribution < -0.4 is 10.9 Å². The summed E-state index contributed by atoms with van der Waals surface area (Å²) >= 11 is 0. The molecule has 3 aromatic heterocycles. The van der Waals surface area contributed by atoms with E-state index in [1.165, 1.54) is 10.6 Å². The minimum Gasteiger partial charge on any atom is -0.381 e. The van der Waals surface area contributed by atoms with Crippen LogP contribution in [0, 0.1) is 0 Å². The van der Waals surface area contributed by atoms with E-state index in [2.05, 4.69) is 20.4 Å².